The second-order valence-electron chi connectivity index (χ2n) is 10.1. The summed E-state index contributed by atoms with van der Waals surface area (Å²) < 4.78 is 24.2. The van der Waals surface area contributed by atoms with Crippen LogP contribution in [0.5, 0.6) is 5.75 Å². The zero-order chi connectivity index (χ0) is 25.4. The number of cyclic esters (lactones) is 1. The van der Waals surface area contributed by atoms with Crippen LogP contribution in [0, 0.1) is 0 Å². The number of aryl methyl sites for hydroxylation is 1. The van der Waals surface area contributed by atoms with Crippen molar-refractivity contribution >= 4 is 22.0 Å². The summed E-state index contributed by atoms with van der Waals surface area (Å²) >= 11 is 3.52. The van der Waals surface area contributed by atoms with E-state index >= 15 is 0 Å². The molecule has 4 rings (SSSR count). The van der Waals surface area contributed by atoms with E-state index in [-0.39, 0.29) is 12.2 Å². The Morgan fingerprint density at radius 3 is 2.67 bits per heavy atom. The Kier molecular flexibility index (Phi) is 9.68. The van der Waals surface area contributed by atoms with Gasteiger partial charge in [0.05, 0.1) is 13.2 Å². The van der Waals surface area contributed by atoms with Gasteiger partial charge < -0.3 is 23.8 Å². The number of hydrogen-bond acceptors (Lipinski definition) is 5. The van der Waals surface area contributed by atoms with Gasteiger partial charge in [-0.2, -0.15) is 0 Å². The molecule has 2 aromatic carbocycles. The summed E-state index contributed by atoms with van der Waals surface area (Å²) in [4.78, 5) is 14.2. The van der Waals surface area contributed by atoms with Crippen LogP contribution in [0.2, 0.25) is 0 Å². The minimum atomic E-state index is -0.613. The molecule has 0 N–H and O–H groups in total. The van der Waals surface area contributed by atoms with Crippen LogP contribution in [-0.2, 0) is 27.2 Å². The number of carbonyl (C=O) groups is 1. The first kappa shape index (κ1) is 27.0. The molecule has 36 heavy (non-hydrogen) atoms. The Hall–Kier alpha value is -2.09. The Morgan fingerprint density at radius 2 is 1.83 bits per heavy atom. The van der Waals surface area contributed by atoms with Crippen molar-refractivity contribution in [3.63, 3.8) is 0 Å². The third-order valence-corrected chi connectivity index (χ3v) is 7.13. The van der Waals surface area contributed by atoms with Crippen LogP contribution in [0.25, 0.3) is 0 Å². The molecule has 1 unspecified atom stereocenters. The molecule has 0 saturated carbocycles. The molecule has 0 radical (unpaired) electrons. The quantitative estimate of drug-likeness (QED) is 0.243. The van der Waals surface area contributed by atoms with Gasteiger partial charge in [-0.15, -0.1) is 0 Å². The normalized spacial score (nSPS) is 18.6. The molecule has 1 amide bonds. The molecule has 2 aromatic rings. The molecule has 2 aliphatic heterocycles. The number of carbonyl (C=O) groups excluding carboxylic acids is 1. The summed E-state index contributed by atoms with van der Waals surface area (Å²) in [5.74, 6) is 0.221. The van der Waals surface area contributed by atoms with Crippen LogP contribution >= 0.6 is 15.9 Å². The zero-order valence-electron chi connectivity index (χ0n) is 21.5. The number of benzene rings is 2. The maximum atomic E-state index is 12.4. The molecular formula is C29H38BrNO5. The van der Waals surface area contributed by atoms with Crippen LogP contribution in [0.4, 0.5) is 4.79 Å². The van der Waals surface area contributed by atoms with Crippen molar-refractivity contribution in [2.24, 2.45) is 0 Å². The van der Waals surface area contributed by atoms with Gasteiger partial charge in [0.2, 0.25) is 5.79 Å². The summed E-state index contributed by atoms with van der Waals surface area (Å²) in [7, 11) is 0. The van der Waals surface area contributed by atoms with Crippen LogP contribution in [0.1, 0.15) is 75.2 Å². The third kappa shape index (κ3) is 7.95. The first-order valence-corrected chi connectivity index (χ1v) is 13.9. The van der Waals surface area contributed by atoms with Gasteiger partial charge >= 0.3 is 6.09 Å². The topological polar surface area (TPSA) is 57.2 Å². The molecule has 1 saturated heterocycles. The van der Waals surface area contributed by atoms with Gasteiger partial charge in [0.1, 0.15) is 11.9 Å². The lowest BCUT2D eigenvalue weighted by atomic mass is 10.0. The molecule has 1 fully saturated rings. The number of fused-ring (bicyclic) bond motifs is 1. The lowest BCUT2D eigenvalue weighted by Gasteiger charge is -2.32. The molecular weight excluding hydrogens is 522 g/mol. The first-order chi connectivity index (χ1) is 17.4. The monoisotopic (exact) mass is 559 g/mol. The number of rotatable bonds is 13. The molecule has 2 heterocycles. The van der Waals surface area contributed by atoms with E-state index in [9.17, 15) is 4.79 Å². The predicted molar refractivity (Wildman–Crippen MR) is 143 cm³/mol. The molecule has 0 bridgehead atoms. The Balaban J connectivity index is 1.05. The molecule has 0 aromatic heterocycles. The fourth-order valence-corrected chi connectivity index (χ4v) is 5.06. The Labute approximate surface area is 223 Å². The van der Waals surface area contributed by atoms with Crippen molar-refractivity contribution in [2.45, 2.75) is 77.3 Å². The maximum Gasteiger partial charge on any atom is 0.410 e. The Bertz CT molecular complexity index is 1010. The fraction of sp³-hybridized carbons (Fsp3) is 0.552. The second kappa shape index (κ2) is 12.9. The van der Waals surface area contributed by atoms with E-state index in [1.807, 2.05) is 36.9 Å². The van der Waals surface area contributed by atoms with Gasteiger partial charge in [-0.05, 0) is 67.5 Å². The largest absolute Gasteiger partial charge is 0.463 e. The lowest BCUT2D eigenvalue weighted by molar-refractivity contribution is -0.180. The van der Waals surface area contributed by atoms with Crippen molar-refractivity contribution in [1.29, 1.82) is 0 Å². The van der Waals surface area contributed by atoms with Crippen molar-refractivity contribution in [2.75, 3.05) is 26.3 Å². The smallest absolute Gasteiger partial charge is 0.410 e. The van der Waals surface area contributed by atoms with Crippen molar-refractivity contribution < 1.29 is 23.7 Å². The minimum absolute atomic E-state index is 0.224. The SMILES string of the molecule is CC1(C)OCc2cc(C3CN(CCCCCCOCCCCc4cccc(Br)c4)C(=O)O3)ccc2O1. The number of ether oxygens (including phenoxy) is 4. The molecule has 6 nitrogen and oxygen atoms in total. The molecule has 2 aliphatic rings. The van der Waals surface area contributed by atoms with Crippen molar-refractivity contribution in [3.05, 3.63) is 63.6 Å². The second-order valence-corrected chi connectivity index (χ2v) is 11.0. The molecule has 0 aliphatic carbocycles. The lowest BCUT2D eigenvalue weighted by Crippen LogP contribution is -2.35. The zero-order valence-corrected chi connectivity index (χ0v) is 23.1. The van der Waals surface area contributed by atoms with E-state index in [0.717, 1.165) is 86.1 Å². The number of nitrogens with zero attached hydrogens (tertiary/aromatic N) is 1. The highest BCUT2D eigenvalue weighted by atomic mass is 79.9. The van der Waals surface area contributed by atoms with Crippen LogP contribution < -0.4 is 4.74 Å². The van der Waals surface area contributed by atoms with Crippen molar-refractivity contribution in [1.82, 2.24) is 4.90 Å². The van der Waals surface area contributed by atoms with E-state index in [0.29, 0.717) is 13.2 Å². The van der Waals surface area contributed by atoms with E-state index in [1.54, 1.807) is 0 Å². The van der Waals surface area contributed by atoms with Crippen molar-refractivity contribution in [3.8, 4) is 5.75 Å². The standard InChI is InChI=1S/C29H38BrNO5/c1-29(2)34-21-24-19-23(13-14-26(24)36-29)27-20-31(28(32)35-27)15-6-3-4-7-16-33-17-8-5-10-22-11-9-12-25(30)18-22/h9,11-14,18-19,27H,3-8,10,15-17,20-21H2,1-2H3. The summed E-state index contributed by atoms with van der Waals surface area (Å²) in [6.45, 7) is 7.27. The average molecular weight is 561 g/mol. The van der Waals surface area contributed by atoms with Gasteiger partial charge in [-0.1, -0.05) is 47.0 Å². The van der Waals surface area contributed by atoms with Crippen LogP contribution in [-0.4, -0.2) is 43.1 Å². The fourth-order valence-electron chi connectivity index (χ4n) is 4.61. The summed E-state index contributed by atoms with van der Waals surface area (Å²) in [6.07, 6.45) is 7.12. The number of unbranched alkanes of at least 4 members (excludes halogenated alkanes) is 4. The maximum absolute atomic E-state index is 12.4. The number of amides is 1. The van der Waals surface area contributed by atoms with Gasteiger partial charge in [-0.3, -0.25) is 0 Å². The van der Waals surface area contributed by atoms with Crippen LogP contribution in [0.3, 0.4) is 0 Å². The predicted octanol–water partition coefficient (Wildman–Crippen LogP) is 7.19. The van der Waals surface area contributed by atoms with E-state index in [2.05, 4.69) is 40.2 Å². The highest BCUT2D eigenvalue weighted by molar-refractivity contribution is 9.10. The summed E-state index contributed by atoms with van der Waals surface area (Å²) in [5, 5.41) is 0. The van der Waals surface area contributed by atoms with E-state index in [1.165, 1.54) is 5.56 Å². The Morgan fingerprint density at radius 1 is 1.03 bits per heavy atom. The van der Waals surface area contributed by atoms with Gasteiger partial charge in [0.15, 0.2) is 0 Å². The van der Waals surface area contributed by atoms with E-state index in [4.69, 9.17) is 18.9 Å². The third-order valence-electron chi connectivity index (χ3n) is 6.63. The highest BCUT2D eigenvalue weighted by Crippen LogP contribution is 2.35. The number of hydrogen-bond donors (Lipinski definition) is 0. The molecule has 0 spiro atoms. The first-order valence-electron chi connectivity index (χ1n) is 13.1. The molecule has 196 valence electrons. The molecule has 7 heteroatoms. The summed E-state index contributed by atoms with van der Waals surface area (Å²) in [6, 6.07) is 14.5. The van der Waals surface area contributed by atoms with E-state index < -0.39 is 5.79 Å². The summed E-state index contributed by atoms with van der Waals surface area (Å²) in [5.41, 5.74) is 3.35. The van der Waals surface area contributed by atoms with Crippen LogP contribution in [0.15, 0.2) is 46.9 Å². The number of halogens is 1. The molecule has 1 atom stereocenters. The van der Waals surface area contributed by atoms with Gasteiger partial charge in [0, 0.05) is 43.6 Å². The van der Waals surface area contributed by atoms with Gasteiger partial charge in [0.25, 0.3) is 0 Å². The highest BCUT2D eigenvalue weighted by Gasteiger charge is 2.33. The average Bonchev–Trinajstić information content (AvgIpc) is 3.22. The van der Waals surface area contributed by atoms with Gasteiger partial charge in [-0.25, -0.2) is 4.79 Å². The minimum Gasteiger partial charge on any atom is -0.463 e.